The van der Waals surface area contributed by atoms with E-state index in [9.17, 15) is 13.2 Å². The summed E-state index contributed by atoms with van der Waals surface area (Å²) in [6, 6.07) is 14.2. The van der Waals surface area contributed by atoms with Crippen molar-refractivity contribution >= 4 is 27.3 Å². The molecule has 0 saturated heterocycles. The van der Waals surface area contributed by atoms with Gasteiger partial charge in [0, 0.05) is 24.5 Å². The Bertz CT molecular complexity index is 860. The highest BCUT2D eigenvalue weighted by Crippen LogP contribution is 2.19. The number of hydrogen-bond acceptors (Lipinski definition) is 4. The van der Waals surface area contributed by atoms with Crippen LogP contribution in [0.1, 0.15) is 26.3 Å². The molecule has 0 unspecified atom stereocenters. The predicted molar refractivity (Wildman–Crippen MR) is 109 cm³/mol. The third-order valence-corrected chi connectivity index (χ3v) is 6.32. The standard InChI is InChI=1S/C20H27N3O3S/c1-4-16-10-12-17(13-11-16)22-20(24)15-21-18-8-7-9-19(14-18)27(25,26)23(5-2)6-3/h7-14,21H,4-6,15H2,1-3H3,(H,22,24). The van der Waals surface area contributed by atoms with Crippen LogP contribution in [0.5, 0.6) is 0 Å². The molecule has 2 aromatic rings. The molecule has 0 atom stereocenters. The summed E-state index contributed by atoms with van der Waals surface area (Å²) < 4.78 is 26.6. The van der Waals surface area contributed by atoms with Crippen molar-refractivity contribution in [2.75, 3.05) is 30.3 Å². The number of sulfonamides is 1. The molecule has 27 heavy (non-hydrogen) atoms. The van der Waals surface area contributed by atoms with Crippen LogP contribution in [0.4, 0.5) is 11.4 Å². The molecule has 0 heterocycles. The van der Waals surface area contributed by atoms with Gasteiger partial charge in [0.2, 0.25) is 15.9 Å². The zero-order chi connectivity index (χ0) is 19.9. The summed E-state index contributed by atoms with van der Waals surface area (Å²) in [6.45, 7) is 6.56. The zero-order valence-electron chi connectivity index (χ0n) is 16.0. The fraction of sp³-hybridized carbons (Fsp3) is 0.350. The third kappa shape index (κ3) is 5.55. The van der Waals surface area contributed by atoms with Crippen LogP contribution in [0.3, 0.4) is 0 Å². The van der Waals surface area contributed by atoms with Gasteiger partial charge in [-0.3, -0.25) is 4.79 Å². The summed E-state index contributed by atoms with van der Waals surface area (Å²) in [5, 5.41) is 5.80. The predicted octanol–water partition coefficient (Wildman–Crippen LogP) is 3.33. The quantitative estimate of drug-likeness (QED) is 0.689. The fourth-order valence-electron chi connectivity index (χ4n) is 2.69. The van der Waals surface area contributed by atoms with Gasteiger partial charge in [0.1, 0.15) is 0 Å². The van der Waals surface area contributed by atoms with Gasteiger partial charge in [0.15, 0.2) is 0 Å². The lowest BCUT2D eigenvalue weighted by Gasteiger charge is -2.19. The smallest absolute Gasteiger partial charge is 0.243 e. The minimum absolute atomic E-state index is 0.0459. The number of carbonyl (C=O) groups is 1. The van der Waals surface area contributed by atoms with Gasteiger partial charge in [-0.05, 0) is 42.3 Å². The van der Waals surface area contributed by atoms with E-state index in [2.05, 4.69) is 17.6 Å². The van der Waals surface area contributed by atoms with Crippen LogP contribution in [0.15, 0.2) is 53.4 Å². The molecule has 0 fully saturated rings. The average molecular weight is 390 g/mol. The second-order valence-corrected chi connectivity index (χ2v) is 8.01. The SMILES string of the molecule is CCc1ccc(NC(=O)CNc2cccc(S(=O)(=O)N(CC)CC)c2)cc1. The summed E-state index contributed by atoms with van der Waals surface area (Å²) in [5.74, 6) is -0.198. The highest BCUT2D eigenvalue weighted by Gasteiger charge is 2.21. The minimum atomic E-state index is -3.52. The number of amides is 1. The summed E-state index contributed by atoms with van der Waals surface area (Å²) in [5.41, 5.74) is 2.52. The molecular weight excluding hydrogens is 362 g/mol. The Balaban J connectivity index is 2.00. The van der Waals surface area contributed by atoms with Crippen LogP contribution in [-0.2, 0) is 21.2 Å². The number of nitrogens with zero attached hydrogens (tertiary/aromatic N) is 1. The molecule has 0 radical (unpaired) electrons. The molecular formula is C20H27N3O3S. The number of hydrogen-bond donors (Lipinski definition) is 2. The molecule has 0 aliphatic rings. The number of nitrogens with one attached hydrogen (secondary N) is 2. The second kappa shape index (κ2) is 9.53. The van der Waals surface area contributed by atoms with Crippen molar-refractivity contribution in [3.8, 4) is 0 Å². The van der Waals surface area contributed by atoms with Gasteiger partial charge in [0.05, 0.1) is 11.4 Å². The average Bonchev–Trinajstić information content (AvgIpc) is 2.68. The monoisotopic (exact) mass is 389 g/mol. The summed E-state index contributed by atoms with van der Waals surface area (Å²) in [6.07, 6.45) is 0.947. The molecule has 146 valence electrons. The molecule has 2 rings (SSSR count). The summed E-state index contributed by atoms with van der Waals surface area (Å²) >= 11 is 0. The van der Waals surface area contributed by atoms with Crippen LogP contribution >= 0.6 is 0 Å². The molecule has 2 aromatic carbocycles. The fourth-order valence-corrected chi connectivity index (χ4v) is 4.19. The van der Waals surface area contributed by atoms with Crippen molar-refractivity contribution in [2.45, 2.75) is 32.1 Å². The molecule has 2 N–H and O–H groups in total. The zero-order valence-corrected chi connectivity index (χ0v) is 16.8. The molecule has 0 saturated carbocycles. The minimum Gasteiger partial charge on any atom is -0.376 e. The van der Waals surface area contributed by atoms with Crippen molar-refractivity contribution < 1.29 is 13.2 Å². The molecule has 0 aromatic heterocycles. The van der Waals surface area contributed by atoms with E-state index in [0.29, 0.717) is 18.8 Å². The number of rotatable bonds is 9. The highest BCUT2D eigenvalue weighted by atomic mass is 32.2. The Labute approximate surface area is 161 Å². The van der Waals surface area contributed by atoms with E-state index in [-0.39, 0.29) is 17.3 Å². The van der Waals surface area contributed by atoms with Crippen LogP contribution < -0.4 is 10.6 Å². The van der Waals surface area contributed by atoms with E-state index in [1.165, 1.54) is 9.87 Å². The van der Waals surface area contributed by atoms with E-state index in [1.807, 2.05) is 24.3 Å². The van der Waals surface area contributed by atoms with E-state index in [0.717, 1.165) is 12.1 Å². The number of anilines is 2. The molecule has 0 aliphatic carbocycles. The normalized spacial score (nSPS) is 11.4. The van der Waals surface area contributed by atoms with Gasteiger partial charge < -0.3 is 10.6 Å². The topological polar surface area (TPSA) is 78.5 Å². The Morgan fingerprint density at radius 3 is 2.22 bits per heavy atom. The van der Waals surface area contributed by atoms with Gasteiger partial charge in [-0.2, -0.15) is 4.31 Å². The van der Waals surface area contributed by atoms with E-state index in [1.54, 1.807) is 38.1 Å². The van der Waals surface area contributed by atoms with Crippen molar-refractivity contribution in [1.29, 1.82) is 0 Å². The van der Waals surface area contributed by atoms with E-state index in [4.69, 9.17) is 0 Å². The molecule has 1 amide bonds. The highest BCUT2D eigenvalue weighted by molar-refractivity contribution is 7.89. The summed E-state index contributed by atoms with van der Waals surface area (Å²) in [7, 11) is -3.52. The number of aryl methyl sites for hydroxylation is 1. The molecule has 0 bridgehead atoms. The first kappa shape index (κ1) is 20.9. The maximum atomic E-state index is 12.6. The number of benzene rings is 2. The Morgan fingerprint density at radius 2 is 1.63 bits per heavy atom. The second-order valence-electron chi connectivity index (χ2n) is 6.07. The summed E-state index contributed by atoms with van der Waals surface area (Å²) in [4.78, 5) is 12.3. The van der Waals surface area contributed by atoms with Crippen LogP contribution in [0.2, 0.25) is 0 Å². The third-order valence-electron chi connectivity index (χ3n) is 4.28. The lowest BCUT2D eigenvalue weighted by molar-refractivity contribution is -0.114. The van der Waals surface area contributed by atoms with Crippen molar-refractivity contribution in [1.82, 2.24) is 4.31 Å². The Kier molecular flexibility index (Phi) is 7.38. The van der Waals surface area contributed by atoms with Gasteiger partial charge in [0.25, 0.3) is 0 Å². The first-order valence-corrected chi connectivity index (χ1v) is 10.6. The molecule has 0 aliphatic heterocycles. The van der Waals surface area contributed by atoms with Gasteiger partial charge in [-0.25, -0.2) is 8.42 Å². The first-order valence-electron chi connectivity index (χ1n) is 9.13. The van der Waals surface area contributed by atoms with Crippen molar-refractivity contribution in [2.24, 2.45) is 0 Å². The van der Waals surface area contributed by atoms with Crippen molar-refractivity contribution in [3.63, 3.8) is 0 Å². The van der Waals surface area contributed by atoms with Crippen LogP contribution in [0.25, 0.3) is 0 Å². The van der Waals surface area contributed by atoms with E-state index >= 15 is 0 Å². The lowest BCUT2D eigenvalue weighted by Crippen LogP contribution is -2.30. The number of carbonyl (C=O) groups excluding carboxylic acids is 1. The lowest BCUT2D eigenvalue weighted by atomic mass is 10.1. The largest absolute Gasteiger partial charge is 0.376 e. The van der Waals surface area contributed by atoms with Crippen molar-refractivity contribution in [3.05, 3.63) is 54.1 Å². The van der Waals surface area contributed by atoms with Crippen LogP contribution in [0, 0.1) is 0 Å². The molecule has 6 nitrogen and oxygen atoms in total. The van der Waals surface area contributed by atoms with Gasteiger partial charge >= 0.3 is 0 Å². The molecule has 7 heteroatoms. The Morgan fingerprint density at radius 1 is 0.963 bits per heavy atom. The maximum absolute atomic E-state index is 12.6. The van der Waals surface area contributed by atoms with Gasteiger partial charge in [-0.1, -0.05) is 39.0 Å². The van der Waals surface area contributed by atoms with E-state index < -0.39 is 10.0 Å². The van der Waals surface area contributed by atoms with Gasteiger partial charge in [-0.15, -0.1) is 0 Å². The first-order chi connectivity index (χ1) is 12.9. The molecule has 0 spiro atoms. The van der Waals surface area contributed by atoms with Crippen LogP contribution in [-0.4, -0.2) is 38.3 Å². The maximum Gasteiger partial charge on any atom is 0.243 e. The Hall–Kier alpha value is -2.38.